The number of nitrogens with zero attached hydrogens (tertiary/aromatic N) is 1. The van der Waals surface area contributed by atoms with Crippen molar-refractivity contribution in [3.8, 4) is 0 Å². The van der Waals surface area contributed by atoms with E-state index in [-0.39, 0.29) is 0 Å². The zero-order chi connectivity index (χ0) is 9.26. The largest absolute Gasteiger partial charge is 0.329 e. The maximum absolute atomic E-state index is 5.81. The van der Waals surface area contributed by atoms with Gasteiger partial charge >= 0.3 is 0 Å². The van der Waals surface area contributed by atoms with Crippen LogP contribution in [0.25, 0.3) is 0 Å². The lowest BCUT2D eigenvalue weighted by Crippen LogP contribution is -2.46. The molecule has 0 aromatic rings. The van der Waals surface area contributed by atoms with Gasteiger partial charge in [0.05, 0.1) is 0 Å². The molecule has 1 aliphatic carbocycles. The Balaban J connectivity index is 1.84. The summed E-state index contributed by atoms with van der Waals surface area (Å²) in [4.78, 5) is 2.64. The molecular formula is C11H22N2. The quantitative estimate of drug-likeness (QED) is 0.716. The van der Waals surface area contributed by atoms with Crippen LogP contribution in [0.5, 0.6) is 0 Å². The van der Waals surface area contributed by atoms with Crippen molar-refractivity contribution < 1.29 is 0 Å². The molecule has 0 aromatic heterocycles. The number of rotatable bonds is 3. The van der Waals surface area contributed by atoms with E-state index >= 15 is 0 Å². The molecule has 1 saturated heterocycles. The average molecular weight is 182 g/mol. The van der Waals surface area contributed by atoms with Crippen LogP contribution in [0.2, 0.25) is 0 Å². The van der Waals surface area contributed by atoms with E-state index in [2.05, 4.69) is 11.8 Å². The van der Waals surface area contributed by atoms with E-state index in [0.29, 0.717) is 6.04 Å². The molecule has 1 saturated carbocycles. The maximum atomic E-state index is 5.81. The molecule has 2 unspecified atom stereocenters. The van der Waals surface area contributed by atoms with Gasteiger partial charge in [-0.25, -0.2) is 0 Å². The van der Waals surface area contributed by atoms with E-state index in [9.17, 15) is 0 Å². The highest BCUT2D eigenvalue weighted by Crippen LogP contribution is 2.32. The first kappa shape index (κ1) is 9.47. The highest BCUT2D eigenvalue weighted by molar-refractivity contribution is 4.85. The lowest BCUT2D eigenvalue weighted by atomic mass is 9.92. The average Bonchev–Trinajstić information content (AvgIpc) is 2.92. The summed E-state index contributed by atoms with van der Waals surface area (Å²) in [6, 6.07) is 0.685. The van der Waals surface area contributed by atoms with E-state index in [1.54, 1.807) is 0 Å². The molecule has 2 atom stereocenters. The Hall–Kier alpha value is -0.0800. The minimum absolute atomic E-state index is 0.685. The Kier molecular flexibility index (Phi) is 2.89. The van der Waals surface area contributed by atoms with Gasteiger partial charge in [0.1, 0.15) is 0 Å². The van der Waals surface area contributed by atoms with Gasteiger partial charge in [-0.2, -0.15) is 0 Å². The third-order valence-corrected chi connectivity index (χ3v) is 3.56. The standard InChI is InChI=1S/C11H22N2/c1-9-4-5-13(8-10-2-3-10)11(6-9)7-12/h9-11H,2-8,12H2,1H3. The second kappa shape index (κ2) is 3.97. The topological polar surface area (TPSA) is 29.3 Å². The van der Waals surface area contributed by atoms with Crippen LogP contribution in [0, 0.1) is 11.8 Å². The molecule has 0 spiro atoms. The monoisotopic (exact) mass is 182 g/mol. The molecule has 0 amide bonds. The van der Waals surface area contributed by atoms with Crippen LogP contribution >= 0.6 is 0 Å². The second-order valence-corrected chi connectivity index (χ2v) is 4.96. The highest BCUT2D eigenvalue weighted by Gasteiger charge is 2.30. The Bertz CT molecular complexity index is 165. The van der Waals surface area contributed by atoms with Gasteiger partial charge in [-0.05, 0) is 44.1 Å². The molecule has 2 N–H and O–H groups in total. The molecule has 2 rings (SSSR count). The van der Waals surface area contributed by atoms with Gasteiger partial charge in [0.25, 0.3) is 0 Å². The van der Waals surface area contributed by atoms with Crippen LogP contribution < -0.4 is 5.73 Å². The minimum atomic E-state index is 0.685. The van der Waals surface area contributed by atoms with Crippen molar-refractivity contribution in [1.29, 1.82) is 0 Å². The minimum Gasteiger partial charge on any atom is -0.329 e. The second-order valence-electron chi connectivity index (χ2n) is 4.96. The number of likely N-dealkylation sites (tertiary alicyclic amines) is 1. The molecule has 2 heteroatoms. The number of nitrogens with two attached hydrogens (primary N) is 1. The third kappa shape index (κ3) is 2.44. The summed E-state index contributed by atoms with van der Waals surface area (Å²) in [7, 11) is 0. The zero-order valence-corrected chi connectivity index (χ0v) is 8.71. The van der Waals surface area contributed by atoms with Crippen LogP contribution in [0.1, 0.15) is 32.6 Å². The summed E-state index contributed by atoms with van der Waals surface area (Å²) in [6.07, 6.45) is 5.62. The summed E-state index contributed by atoms with van der Waals surface area (Å²) in [5, 5.41) is 0. The smallest absolute Gasteiger partial charge is 0.0221 e. The van der Waals surface area contributed by atoms with Gasteiger partial charge in [-0.1, -0.05) is 6.92 Å². The number of hydrogen-bond donors (Lipinski definition) is 1. The predicted molar refractivity (Wildman–Crippen MR) is 55.5 cm³/mol. The number of hydrogen-bond acceptors (Lipinski definition) is 2. The molecule has 13 heavy (non-hydrogen) atoms. The van der Waals surface area contributed by atoms with E-state index < -0.39 is 0 Å². The Morgan fingerprint density at radius 2 is 2.08 bits per heavy atom. The molecule has 2 fully saturated rings. The first-order valence-electron chi connectivity index (χ1n) is 5.73. The summed E-state index contributed by atoms with van der Waals surface area (Å²) in [6.45, 7) is 5.84. The van der Waals surface area contributed by atoms with Crippen LogP contribution in [0.15, 0.2) is 0 Å². The summed E-state index contributed by atoms with van der Waals surface area (Å²) >= 11 is 0. The van der Waals surface area contributed by atoms with Crippen molar-refractivity contribution in [2.45, 2.75) is 38.6 Å². The fourth-order valence-electron chi connectivity index (χ4n) is 2.42. The van der Waals surface area contributed by atoms with E-state index in [4.69, 9.17) is 5.73 Å². The normalized spacial score (nSPS) is 36.5. The van der Waals surface area contributed by atoms with Crippen molar-refractivity contribution >= 4 is 0 Å². The van der Waals surface area contributed by atoms with Crippen LogP contribution in [-0.2, 0) is 0 Å². The van der Waals surface area contributed by atoms with Crippen molar-refractivity contribution in [2.24, 2.45) is 17.6 Å². The zero-order valence-electron chi connectivity index (χ0n) is 8.71. The van der Waals surface area contributed by atoms with Gasteiger partial charge in [-0.3, -0.25) is 4.90 Å². The fourth-order valence-corrected chi connectivity index (χ4v) is 2.42. The van der Waals surface area contributed by atoms with Gasteiger partial charge < -0.3 is 5.73 Å². The molecule has 2 aliphatic rings. The summed E-state index contributed by atoms with van der Waals surface area (Å²) in [5.74, 6) is 1.91. The number of piperidine rings is 1. The van der Waals surface area contributed by atoms with Crippen LogP contribution in [-0.4, -0.2) is 30.6 Å². The van der Waals surface area contributed by atoms with Crippen molar-refractivity contribution in [3.63, 3.8) is 0 Å². The van der Waals surface area contributed by atoms with Crippen LogP contribution in [0.3, 0.4) is 0 Å². The molecule has 2 nitrogen and oxygen atoms in total. The third-order valence-electron chi connectivity index (χ3n) is 3.56. The van der Waals surface area contributed by atoms with Crippen LogP contribution in [0.4, 0.5) is 0 Å². The van der Waals surface area contributed by atoms with Crippen molar-refractivity contribution in [3.05, 3.63) is 0 Å². The molecule has 0 radical (unpaired) electrons. The van der Waals surface area contributed by atoms with E-state index in [1.165, 1.54) is 38.8 Å². The van der Waals surface area contributed by atoms with Crippen molar-refractivity contribution in [1.82, 2.24) is 4.90 Å². The molecule has 0 bridgehead atoms. The SMILES string of the molecule is CC1CCN(CC2CC2)C(CN)C1. The highest BCUT2D eigenvalue weighted by atomic mass is 15.2. The molecule has 1 aliphatic heterocycles. The van der Waals surface area contributed by atoms with E-state index in [1.807, 2.05) is 0 Å². The fraction of sp³-hybridized carbons (Fsp3) is 1.00. The van der Waals surface area contributed by atoms with Crippen molar-refractivity contribution in [2.75, 3.05) is 19.6 Å². The van der Waals surface area contributed by atoms with E-state index in [0.717, 1.165) is 18.4 Å². The Morgan fingerprint density at radius 1 is 1.31 bits per heavy atom. The first-order chi connectivity index (χ1) is 6.29. The summed E-state index contributed by atoms with van der Waals surface area (Å²) in [5.41, 5.74) is 5.81. The lowest BCUT2D eigenvalue weighted by Gasteiger charge is -2.38. The molecule has 1 heterocycles. The lowest BCUT2D eigenvalue weighted by molar-refractivity contribution is 0.117. The molecular weight excluding hydrogens is 160 g/mol. The summed E-state index contributed by atoms with van der Waals surface area (Å²) < 4.78 is 0. The maximum Gasteiger partial charge on any atom is 0.0221 e. The molecule has 0 aromatic carbocycles. The first-order valence-corrected chi connectivity index (χ1v) is 5.73. The Labute approximate surface area is 81.5 Å². The predicted octanol–water partition coefficient (Wildman–Crippen LogP) is 1.46. The molecule has 76 valence electrons. The van der Waals surface area contributed by atoms with Gasteiger partial charge in [0, 0.05) is 19.1 Å². The Morgan fingerprint density at radius 3 is 2.69 bits per heavy atom. The van der Waals surface area contributed by atoms with Gasteiger partial charge in [0.2, 0.25) is 0 Å². The van der Waals surface area contributed by atoms with Gasteiger partial charge in [0.15, 0.2) is 0 Å². The van der Waals surface area contributed by atoms with Gasteiger partial charge in [-0.15, -0.1) is 0 Å².